The lowest BCUT2D eigenvalue weighted by atomic mass is 9.87. The highest BCUT2D eigenvalue weighted by Gasteiger charge is 2.44. The largest absolute Gasteiger partial charge is 0.369 e. The number of halogens is 1. The van der Waals surface area contributed by atoms with E-state index >= 15 is 0 Å². The fraction of sp³-hybridized carbons (Fsp3) is 0.462. The topological polar surface area (TPSA) is 53.6 Å². The quantitative estimate of drug-likeness (QED) is 0.830. The third-order valence-electron chi connectivity index (χ3n) is 3.87. The SMILES string of the molecule is NC1=NCC2(CCNCC2)N1c1ccccc1Br. The molecule has 1 spiro atoms. The van der Waals surface area contributed by atoms with E-state index < -0.39 is 0 Å². The van der Waals surface area contributed by atoms with Gasteiger partial charge >= 0.3 is 0 Å². The van der Waals surface area contributed by atoms with Gasteiger partial charge in [0.05, 0.1) is 17.8 Å². The van der Waals surface area contributed by atoms with Gasteiger partial charge in [0, 0.05) is 4.47 Å². The molecule has 0 amide bonds. The summed E-state index contributed by atoms with van der Waals surface area (Å²) in [5, 5.41) is 3.41. The summed E-state index contributed by atoms with van der Waals surface area (Å²) in [6, 6.07) is 8.21. The lowest BCUT2D eigenvalue weighted by Crippen LogP contribution is -2.57. The molecule has 0 saturated carbocycles. The fourth-order valence-corrected chi connectivity index (χ4v) is 3.36. The van der Waals surface area contributed by atoms with Crippen molar-refractivity contribution < 1.29 is 0 Å². The average molecular weight is 309 g/mol. The van der Waals surface area contributed by atoms with Crippen LogP contribution in [0.4, 0.5) is 5.69 Å². The summed E-state index contributed by atoms with van der Waals surface area (Å²) in [7, 11) is 0. The summed E-state index contributed by atoms with van der Waals surface area (Å²) < 4.78 is 1.07. The molecule has 0 radical (unpaired) electrons. The number of hydrogen-bond acceptors (Lipinski definition) is 4. The minimum absolute atomic E-state index is 0.0687. The van der Waals surface area contributed by atoms with E-state index in [-0.39, 0.29) is 5.54 Å². The first-order valence-corrected chi connectivity index (χ1v) is 7.08. The van der Waals surface area contributed by atoms with Crippen molar-refractivity contribution >= 4 is 27.6 Å². The van der Waals surface area contributed by atoms with Gasteiger partial charge in [0.1, 0.15) is 0 Å². The Morgan fingerprint density at radius 2 is 2.00 bits per heavy atom. The lowest BCUT2D eigenvalue weighted by Gasteiger charge is -2.42. The zero-order valence-electron chi connectivity index (χ0n) is 10.2. The van der Waals surface area contributed by atoms with E-state index in [9.17, 15) is 0 Å². The molecule has 1 aromatic carbocycles. The van der Waals surface area contributed by atoms with Gasteiger partial charge < -0.3 is 16.0 Å². The molecule has 2 heterocycles. The number of nitrogens with one attached hydrogen (secondary N) is 1. The Kier molecular flexibility index (Phi) is 3.03. The van der Waals surface area contributed by atoms with Crippen molar-refractivity contribution in [1.82, 2.24) is 5.32 Å². The summed E-state index contributed by atoms with van der Waals surface area (Å²) in [6.07, 6.45) is 2.16. The van der Waals surface area contributed by atoms with Crippen LogP contribution in [0.25, 0.3) is 0 Å². The Hall–Kier alpha value is -1.07. The molecule has 0 aromatic heterocycles. The zero-order chi connectivity index (χ0) is 12.6. The lowest BCUT2D eigenvalue weighted by molar-refractivity contribution is 0.332. The van der Waals surface area contributed by atoms with Crippen LogP contribution in [-0.2, 0) is 0 Å². The summed E-state index contributed by atoms with van der Waals surface area (Å²) in [5.41, 5.74) is 7.31. The maximum absolute atomic E-state index is 6.12. The number of hydrogen-bond donors (Lipinski definition) is 2. The second-order valence-electron chi connectivity index (χ2n) is 4.94. The van der Waals surface area contributed by atoms with E-state index in [0.717, 1.165) is 42.6 Å². The van der Waals surface area contributed by atoms with Crippen molar-refractivity contribution in [2.24, 2.45) is 10.7 Å². The van der Waals surface area contributed by atoms with Gasteiger partial charge in [0.2, 0.25) is 0 Å². The van der Waals surface area contributed by atoms with Crippen molar-refractivity contribution in [3.05, 3.63) is 28.7 Å². The van der Waals surface area contributed by atoms with E-state index in [2.05, 4.69) is 43.3 Å². The molecule has 3 rings (SSSR count). The Labute approximate surface area is 115 Å². The van der Waals surface area contributed by atoms with Gasteiger partial charge in [-0.2, -0.15) is 0 Å². The molecule has 0 unspecified atom stereocenters. The number of benzene rings is 1. The first-order chi connectivity index (χ1) is 8.73. The van der Waals surface area contributed by atoms with Crippen LogP contribution in [-0.4, -0.2) is 31.1 Å². The van der Waals surface area contributed by atoms with Crippen LogP contribution < -0.4 is 16.0 Å². The second kappa shape index (κ2) is 4.55. The third-order valence-corrected chi connectivity index (χ3v) is 4.54. The van der Waals surface area contributed by atoms with Gasteiger partial charge in [-0.25, -0.2) is 0 Å². The number of piperidine rings is 1. The van der Waals surface area contributed by atoms with Gasteiger partial charge in [-0.15, -0.1) is 0 Å². The molecular formula is C13H17BrN4. The van der Waals surface area contributed by atoms with Crippen molar-refractivity contribution in [3.63, 3.8) is 0 Å². The van der Waals surface area contributed by atoms with Crippen LogP contribution in [0.2, 0.25) is 0 Å². The second-order valence-corrected chi connectivity index (χ2v) is 5.79. The minimum atomic E-state index is 0.0687. The Morgan fingerprint density at radius 3 is 2.72 bits per heavy atom. The third kappa shape index (κ3) is 1.82. The van der Waals surface area contributed by atoms with Gasteiger partial charge in [-0.05, 0) is 54.0 Å². The van der Waals surface area contributed by atoms with Crippen LogP contribution in [0.1, 0.15) is 12.8 Å². The predicted octanol–water partition coefficient (Wildman–Crippen LogP) is 1.71. The number of nitrogens with zero attached hydrogens (tertiary/aromatic N) is 2. The van der Waals surface area contributed by atoms with E-state index in [1.165, 1.54) is 0 Å². The molecule has 0 atom stereocenters. The fourth-order valence-electron chi connectivity index (χ4n) is 2.90. The molecule has 3 N–H and O–H groups in total. The molecule has 18 heavy (non-hydrogen) atoms. The highest BCUT2D eigenvalue weighted by Crippen LogP contribution is 2.38. The molecule has 2 aliphatic rings. The highest BCUT2D eigenvalue weighted by molar-refractivity contribution is 9.10. The van der Waals surface area contributed by atoms with Crippen molar-refractivity contribution in [2.75, 3.05) is 24.5 Å². The van der Waals surface area contributed by atoms with Gasteiger partial charge in [-0.1, -0.05) is 12.1 Å². The molecule has 4 nitrogen and oxygen atoms in total. The van der Waals surface area contributed by atoms with Crippen molar-refractivity contribution in [1.29, 1.82) is 0 Å². The number of anilines is 1. The molecule has 0 bridgehead atoms. The molecule has 5 heteroatoms. The van der Waals surface area contributed by atoms with Gasteiger partial charge in [-0.3, -0.25) is 4.99 Å². The molecule has 0 aliphatic carbocycles. The van der Waals surface area contributed by atoms with E-state index in [1.807, 2.05) is 12.1 Å². The maximum Gasteiger partial charge on any atom is 0.196 e. The monoisotopic (exact) mass is 308 g/mol. The summed E-state index contributed by atoms with van der Waals surface area (Å²) in [5.74, 6) is 0.642. The molecule has 96 valence electrons. The van der Waals surface area contributed by atoms with Crippen LogP contribution in [0.15, 0.2) is 33.7 Å². The van der Waals surface area contributed by atoms with Crippen LogP contribution in [0, 0.1) is 0 Å². The Morgan fingerprint density at radius 1 is 1.28 bits per heavy atom. The average Bonchev–Trinajstić information content (AvgIpc) is 2.69. The first-order valence-electron chi connectivity index (χ1n) is 6.28. The molecular weight excluding hydrogens is 292 g/mol. The van der Waals surface area contributed by atoms with Crippen LogP contribution >= 0.6 is 15.9 Å². The Bertz CT molecular complexity index is 480. The van der Waals surface area contributed by atoms with Gasteiger partial charge in [0.25, 0.3) is 0 Å². The maximum atomic E-state index is 6.12. The first kappa shape index (κ1) is 12.0. The minimum Gasteiger partial charge on any atom is -0.369 e. The van der Waals surface area contributed by atoms with Crippen molar-refractivity contribution in [3.8, 4) is 0 Å². The van der Waals surface area contributed by atoms with Crippen LogP contribution in [0.3, 0.4) is 0 Å². The van der Waals surface area contributed by atoms with Crippen molar-refractivity contribution in [2.45, 2.75) is 18.4 Å². The number of aliphatic imine (C=N–C) groups is 1. The molecule has 2 aliphatic heterocycles. The number of rotatable bonds is 1. The van der Waals surface area contributed by atoms with Crippen LogP contribution in [0.5, 0.6) is 0 Å². The highest BCUT2D eigenvalue weighted by atomic mass is 79.9. The van der Waals surface area contributed by atoms with E-state index in [1.54, 1.807) is 0 Å². The molecule has 1 fully saturated rings. The smallest absolute Gasteiger partial charge is 0.196 e. The van der Waals surface area contributed by atoms with Gasteiger partial charge in [0.15, 0.2) is 5.96 Å². The molecule has 1 saturated heterocycles. The summed E-state index contributed by atoms with van der Waals surface area (Å²) in [4.78, 5) is 6.70. The molecule has 1 aromatic rings. The predicted molar refractivity (Wildman–Crippen MR) is 77.9 cm³/mol. The number of para-hydroxylation sites is 1. The standard InChI is InChI=1S/C13H17BrN4/c14-10-3-1-2-4-11(10)18-12(15)17-9-13(18)5-7-16-8-6-13/h1-4,16H,5-9H2,(H2,15,17). The number of nitrogens with two attached hydrogens (primary N) is 1. The van der Waals surface area contributed by atoms with E-state index in [4.69, 9.17) is 5.73 Å². The zero-order valence-corrected chi connectivity index (χ0v) is 11.8. The Balaban J connectivity index is 2.01. The summed E-state index contributed by atoms with van der Waals surface area (Å²) >= 11 is 3.62. The van der Waals surface area contributed by atoms with E-state index in [0.29, 0.717) is 5.96 Å². The summed E-state index contributed by atoms with van der Waals surface area (Å²) in [6.45, 7) is 2.87. The number of guanidine groups is 1. The normalized spacial score (nSPS) is 22.3.